The van der Waals surface area contributed by atoms with E-state index in [-0.39, 0.29) is 12.0 Å². The fraction of sp³-hybridized carbons (Fsp3) is 0.900. The summed E-state index contributed by atoms with van der Waals surface area (Å²) in [7, 11) is -3.83. The van der Waals surface area contributed by atoms with Crippen molar-refractivity contribution in [3.05, 3.63) is 0 Å². The van der Waals surface area contributed by atoms with Crippen molar-refractivity contribution >= 4 is 32.2 Å². The van der Waals surface area contributed by atoms with Crippen molar-refractivity contribution in [1.82, 2.24) is 9.44 Å². The first-order valence-corrected chi connectivity index (χ1v) is 8.54. The molecular weight excluding hydrogens is 324 g/mol. The summed E-state index contributed by atoms with van der Waals surface area (Å²) in [5.74, 6) is 0. The number of hydrogen-bond donors (Lipinski definition) is 2. The van der Waals surface area contributed by atoms with Crippen LogP contribution in [-0.4, -0.2) is 33.0 Å². The number of alkyl halides is 1. The van der Waals surface area contributed by atoms with Crippen LogP contribution in [0.25, 0.3) is 0 Å². The van der Waals surface area contributed by atoms with Crippen molar-refractivity contribution in [2.75, 3.05) is 18.5 Å². The highest BCUT2D eigenvalue weighted by Gasteiger charge is 2.34. The molecule has 0 heterocycles. The number of carbonyl (C=O) groups excluding carboxylic acids is 1. The predicted molar refractivity (Wildman–Crippen MR) is 71.8 cm³/mol. The van der Waals surface area contributed by atoms with E-state index in [1.807, 2.05) is 4.72 Å². The van der Waals surface area contributed by atoms with E-state index in [0.29, 0.717) is 6.54 Å². The molecule has 0 spiro atoms. The highest BCUT2D eigenvalue weighted by atomic mass is 79.9. The van der Waals surface area contributed by atoms with Gasteiger partial charge in [-0.15, -0.1) is 0 Å². The van der Waals surface area contributed by atoms with Gasteiger partial charge < -0.3 is 4.74 Å². The van der Waals surface area contributed by atoms with Gasteiger partial charge in [-0.05, 0) is 25.2 Å². The van der Waals surface area contributed by atoms with Crippen molar-refractivity contribution in [2.45, 2.75) is 32.6 Å². The highest BCUT2D eigenvalue weighted by Crippen LogP contribution is 2.38. The highest BCUT2D eigenvalue weighted by molar-refractivity contribution is 9.09. The maximum Gasteiger partial charge on any atom is 0.421 e. The monoisotopic (exact) mass is 342 g/mol. The van der Waals surface area contributed by atoms with Gasteiger partial charge in [0.15, 0.2) is 0 Å². The van der Waals surface area contributed by atoms with E-state index in [2.05, 4.69) is 25.4 Å². The number of rotatable bonds is 6. The third-order valence-electron chi connectivity index (χ3n) is 3.08. The van der Waals surface area contributed by atoms with Gasteiger partial charge in [0.05, 0.1) is 6.61 Å². The van der Waals surface area contributed by atoms with E-state index in [4.69, 9.17) is 0 Å². The third-order valence-corrected chi connectivity index (χ3v) is 5.23. The number of amides is 1. The van der Waals surface area contributed by atoms with Crippen molar-refractivity contribution in [1.29, 1.82) is 0 Å². The van der Waals surface area contributed by atoms with Crippen LogP contribution < -0.4 is 9.44 Å². The summed E-state index contributed by atoms with van der Waals surface area (Å²) in [5.41, 5.74) is -0.0383. The molecule has 0 saturated heterocycles. The van der Waals surface area contributed by atoms with Crippen LogP contribution >= 0.6 is 15.9 Å². The number of halogens is 1. The Hall–Kier alpha value is -0.340. The molecule has 0 bridgehead atoms. The second kappa shape index (κ2) is 6.72. The molecule has 2 N–H and O–H groups in total. The number of ether oxygens (including phenoxy) is 1. The zero-order chi connectivity index (χ0) is 13.6. The minimum Gasteiger partial charge on any atom is -0.449 e. The molecule has 0 aromatic heterocycles. The quantitative estimate of drug-likeness (QED) is 0.716. The summed E-state index contributed by atoms with van der Waals surface area (Å²) in [5, 5.41) is 0.752. The van der Waals surface area contributed by atoms with E-state index >= 15 is 0 Å². The van der Waals surface area contributed by atoms with Gasteiger partial charge in [-0.1, -0.05) is 28.8 Å². The minimum atomic E-state index is -3.83. The molecule has 0 aromatic rings. The van der Waals surface area contributed by atoms with Crippen molar-refractivity contribution in [3.63, 3.8) is 0 Å². The first kappa shape index (κ1) is 15.7. The van der Waals surface area contributed by atoms with Gasteiger partial charge in [-0.25, -0.2) is 9.52 Å². The second-order valence-corrected chi connectivity index (χ2v) is 6.55. The minimum absolute atomic E-state index is 0.0383. The summed E-state index contributed by atoms with van der Waals surface area (Å²) < 4.78 is 31.9. The molecule has 1 aliphatic carbocycles. The molecule has 1 saturated carbocycles. The van der Waals surface area contributed by atoms with Gasteiger partial charge in [0, 0.05) is 11.9 Å². The molecule has 1 aliphatic rings. The lowest BCUT2D eigenvalue weighted by molar-refractivity contribution is 0.158. The molecule has 0 radical (unpaired) electrons. The van der Waals surface area contributed by atoms with Crippen LogP contribution in [0.5, 0.6) is 0 Å². The molecule has 8 heteroatoms. The zero-order valence-corrected chi connectivity index (χ0v) is 12.8. The van der Waals surface area contributed by atoms with Gasteiger partial charge in [-0.3, -0.25) is 0 Å². The smallest absolute Gasteiger partial charge is 0.421 e. The Morgan fingerprint density at radius 3 is 2.50 bits per heavy atom. The molecule has 6 nitrogen and oxygen atoms in total. The molecule has 18 heavy (non-hydrogen) atoms. The zero-order valence-electron chi connectivity index (χ0n) is 10.4. The largest absolute Gasteiger partial charge is 0.449 e. The van der Waals surface area contributed by atoms with Gasteiger partial charge in [0.2, 0.25) is 0 Å². The Labute approximate surface area is 116 Å². The molecule has 106 valence electrons. The van der Waals surface area contributed by atoms with E-state index < -0.39 is 16.3 Å². The maximum absolute atomic E-state index is 11.6. The number of hydrogen-bond acceptors (Lipinski definition) is 4. The lowest BCUT2D eigenvalue weighted by Crippen LogP contribution is -2.45. The van der Waals surface area contributed by atoms with Crippen molar-refractivity contribution in [3.8, 4) is 0 Å². The lowest BCUT2D eigenvalue weighted by atomic mass is 9.89. The van der Waals surface area contributed by atoms with Gasteiger partial charge in [-0.2, -0.15) is 13.1 Å². The van der Waals surface area contributed by atoms with Crippen LogP contribution in [0.1, 0.15) is 32.6 Å². The normalized spacial score (nSPS) is 18.6. The summed E-state index contributed by atoms with van der Waals surface area (Å²) >= 11 is 3.43. The topological polar surface area (TPSA) is 84.5 Å². The van der Waals surface area contributed by atoms with Crippen molar-refractivity contribution in [2.24, 2.45) is 5.41 Å². The van der Waals surface area contributed by atoms with E-state index in [9.17, 15) is 13.2 Å². The Balaban J connectivity index is 2.48. The van der Waals surface area contributed by atoms with E-state index in [1.54, 1.807) is 6.92 Å². The number of carbonyl (C=O) groups is 1. The Kier molecular flexibility index (Phi) is 5.87. The standard InChI is InChI=1S/C10H19BrN2O4S/c1-2-17-9(14)13-18(15,16)12-8-10(7-11)5-3-4-6-10/h12H,2-8H2,1H3,(H,13,14). The number of nitrogens with one attached hydrogen (secondary N) is 2. The Morgan fingerprint density at radius 2 is 2.00 bits per heavy atom. The Morgan fingerprint density at radius 1 is 1.39 bits per heavy atom. The molecular formula is C10H19BrN2O4S. The first-order valence-electron chi connectivity index (χ1n) is 5.93. The average Bonchev–Trinajstić information content (AvgIpc) is 2.75. The van der Waals surface area contributed by atoms with Crippen LogP contribution in [-0.2, 0) is 14.9 Å². The van der Waals surface area contributed by atoms with Crippen LogP contribution in [0.2, 0.25) is 0 Å². The summed E-state index contributed by atoms with van der Waals surface area (Å²) in [6.07, 6.45) is 3.24. The molecule has 1 amide bonds. The fourth-order valence-corrected chi connectivity index (χ4v) is 3.64. The molecule has 1 fully saturated rings. The van der Waals surface area contributed by atoms with Gasteiger partial charge >= 0.3 is 16.3 Å². The predicted octanol–water partition coefficient (Wildman–Crippen LogP) is 1.52. The van der Waals surface area contributed by atoms with Crippen molar-refractivity contribution < 1.29 is 17.9 Å². The fourth-order valence-electron chi connectivity index (χ4n) is 2.04. The SMILES string of the molecule is CCOC(=O)NS(=O)(=O)NCC1(CBr)CCCC1. The summed E-state index contributed by atoms with van der Waals surface area (Å²) in [4.78, 5) is 11.0. The lowest BCUT2D eigenvalue weighted by Gasteiger charge is -2.26. The average molecular weight is 343 g/mol. The molecule has 1 rings (SSSR count). The molecule has 0 atom stereocenters. The molecule has 0 aromatic carbocycles. The van der Waals surface area contributed by atoms with Gasteiger partial charge in [0.25, 0.3) is 0 Å². The molecule has 0 unspecified atom stereocenters. The summed E-state index contributed by atoms with van der Waals surface area (Å²) in [6, 6.07) is 0. The van der Waals surface area contributed by atoms with Crippen LogP contribution in [0.3, 0.4) is 0 Å². The first-order chi connectivity index (χ1) is 8.43. The van der Waals surface area contributed by atoms with E-state index in [0.717, 1.165) is 31.0 Å². The second-order valence-electron chi connectivity index (χ2n) is 4.49. The van der Waals surface area contributed by atoms with Crippen LogP contribution in [0, 0.1) is 5.41 Å². The molecule has 0 aliphatic heterocycles. The Bertz CT molecular complexity index is 379. The van der Waals surface area contributed by atoms with E-state index in [1.165, 1.54) is 0 Å². The van der Waals surface area contributed by atoms with Crippen LogP contribution in [0.15, 0.2) is 0 Å². The van der Waals surface area contributed by atoms with Gasteiger partial charge in [0.1, 0.15) is 0 Å². The summed E-state index contributed by atoms with van der Waals surface area (Å²) in [6.45, 7) is 2.07. The van der Waals surface area contributed by atoms with Crippen LogP contribution in [0.4, 0.5) is 4.79 Å². The third kappa shape index (κ3) is 4.74. The maximum atomic E-state index is 11.6.